The first-order valence-electron chi connectivity index (χ1n) is 6.59. The van der Waals surface area contributed by atoms with Crippen LogP contribution in [0.5, 0.6) is 0 Å². The molecule has 2 N–H and O–H groups in total. The lowest BCUT2D eigenvalue weighted by molar-refractivity contribution is -0.121. The molecule has 0 atom stereocenters. The molecule has 5 heteroatoms. The summed E-state index contributed by atoms with van der Waals surface area (Å²) in [4.78, 5) is 11.4. The van der Waals surface area contributed by atoms with Gasteiger partial charge in [0.2, 0.25) is 5.91 Å². The number of carbonyl (C=O) groups excluding carboxylic acids is 1. The lowest BCUT2D eigenvalue weighted by Gasteiger charge is -2.07. The molecule has 2 rings (SSSR count). The van der Waals surface area contributed by atoms with Crippen LogP contribution in [-0.4, -0.2) is 25.0 Å². The lowest BCUT2D eigenvalue weighted by atomic mass is 10.1. The Morgan fingerprint density at radius 1 is 1.26 bits per heavy atom. The van der Waals surface area contributed by atoms with E-state index in [4.69, 9.17) is 23.2 Å². The van der Waals surface area contributed by atoms with Crippen molar-refractivity contribution in [2.24, 2.45) is 0 Å². The molecule has 1 fully saturated rings. The molecule has 19 heavy (non-hydrogen) atoms. The van der Waals surface area contributed by atoms with Gasteiger partial charge >= 0.3 is 0 Å². The van der Waals surface area contributed by atoms with Crippen LogP contribution in [0.1, 0.15) is 24.8 Å². The maximum atomic E-state index is 11.4. The molecule has 104 valence electrons. The first kappa shape index (κ1) is 14.6. The van der Waals surface area contributed by atoms with Crippen molar-refractivity contribution < 1.29 is 4.79 Å². The standard InChI is InChI=1S/C14H18Cl2N2O/c15-11-2-1-10(13(16)9-11)5-7-17-8-6-14(19)18-12-3-4-12/h1-2,9,12,17H,3-8H2,(H,18,19). The average molecular weight is 301 g/mol. The summed E-state index contributed by atoms with van der Waals surface area (Å²) in [6.07, 6.45) is 3.63. The second kappa shape index (κ2) is 7.13. The van der Waals surface area contributed by atoms with Crippen LogP contribution in [-0.2, 0) is 11.2 Å². The van der Waals surface area contributed by atoms with Gasteiger partial charge in [0.15, 0.2) is 0 Å². The van der Waals surface area contributed by atoms with Crippen LogP contribution < -0.4 is 10.6 Å². The van der Waals surface area contributed by atoms with Crippen molar-refractivity contribution in [2.45, 2.75) is 31.7 Å². The minimum atomic E-state index is 0.138. The molecule has 1 aromatic carbocycles. The van der Waals surface area contributed by atoms with Crippen molar-refractivity contribution in [3.05, 3.63) is 33.8 Å². The fraction of sp³-hybridized carbons (Fsp3) is 0.500. The summed E-state index contributed by atoms with van der Waals surface area (Å²) in [5.74, 6) is 0.138. The molecule has 1 aliphatic rings. The summed E-state index contributed by atoms with van der Waals surface area (Å²) in [5.41, 5.74) is 1.07. The second-order valence-electron chi connectivity index (χ2n) is 4.83. The maximum Gasteiger partial charge on any atom is 0.221 e. The van der Waals surface area contributed by atoms with Gasteiger partial charge in [-0.3, -0.25) is 4.79 Å². The van der Waals surface area contributed by atoms with Crippen molar-refractivity contribution in [1.29, 1.82) is 0 Å². The van der Waals surface area contributed by atoms with E-state index in [9.17, 15) is 4.79 Å². The van der Waals surface area contributed by atoms with Crippen molar-refractivity contribution in [2.75, 3.05) is 13.1 Å². The molecule has 0 radical (unpaired) electrons. The van der Waals surface area contributed by atoms with Crippen LogP contribution in [0.25, 0.3) is 0 Å². The number of benzene rings is 1. The van der Waals surface area contributed by atoms with E-state index in [1.165, 1.54) is 0 Å². The quantitative estimate of drug-likeness (QED) is 0.760. The second-order valence-corrected chi connectivity index (χ2v) is 5.67. The van der Waals surface area contributed by atoms with Gasteiger partial charge in [0.1, 0.15) is 0 Å². The van der Waals surface area contributed by atoms with Crippen LogP contribution in [0, 0.1) is 0 Å². The predicted molar refractivity (Wildman–Crippen MR) is 78.8 cm³/mol. The molecule has 0 bridgehead atoms. The first-order valence-corrected chi connectivity index (χ1v) is 7.35. The number of nitrogens with one attached hydrogen (secondary N) is 2. The molecule has 1 aromatic rings. The smallest absolute Gasteiger partial charge is 0.221 e. The highest BCUT2D eigenvalue weighted by atomic mass is 35.5. The Balaban J connectivity index is 1.59. The van der Waals surface area contributed by atoms with E-state index in [-0.39, 0.29) is 5.91 Å². The third kappa shape index (κ3) is 5.39. The Kier molecular flexibility index (Phi) is 5.49. The number of rotatable bonds is 7. The Hall–Kier alpha value is -0.770. The van der Waals surface area contributed by atoms with Gasteiger partial charge in [-0.15, -0.1) is 0 Å². The van der Waals surface area contributed by atoms with E-state index in [0.717, 1.165) is 31.4 Å². The van der Waals surface area contributed by atoms with E-state index in [2.05, 4.69) is 10.6 Å². The molecule has 0 unspecified atom stereocenters. The maximum absolute atomic E-state index is 11.4. The van der Waals surface area contributed by atoms with Gasteiger partial charge < -0.3 is 10.6 Å². The van der Waals surface area contributed by atoms with E-state index in [0.29, 0.717) is 29.1 Å². The number of hydrogen-bond donors (Lipinski definition) is 2. The number of amides is 1. The van der Waals surface area contributed by atoms with Crippen molar-refractivity contribution in [3.63, 3.8) is 0 Å². The zero-order valence-electron chi connectivity index (χ0n) is 10.7. The highest BCUT2D eigenvalue weighted by molar-refractivity contribution is 6.35. The largest absolute Gasteiger partial charge is 0.353 e. The molecule has 1 aliphatic carbocycles. The molecule has 1 saturated carbocycles. The van der Waals surface area contributed by atoms with Crippen LogP contribution in [0.4, 0.5) is 0 Å². The minimum absolute atomic E-state index is 0.138. The van der Waals surface area contributed by atoms with Gasteiger partial charge in [0, 0.05) is 29.1 Å². The van der Waals surface area contributed by atoms with E-state index in [1.54, 1.807) is 6.07 Å². The Morgan fingerprint density at radius 3 is 2.74 bits per heavy atom. The third-order valence-corrected chi connectivity index (χ3v) is 3.64. The fourth-order valence-electron chi connectivity index (χ4n) is 1.80. The highest BCUT2D eigenvalue weighted by Gasteiger charge is 2.22. The summed E-state index contributed by atoms with van der Waals surface area (Å²) in [6, 6.07) is 5.97. The topological polar surface area (TPSA) is 41.1 Å². The van der Waals surface area contributed by atoms with Gasteiger partial charge in [-0.25, -0.2) is 0 Å². The number of carbonyl (C=O) groups is 1. The molecule has 0 saturated heterocycles. The molecular weight excluding hydrogens is 283 g/mol. The SMILES string of the molecule is O=C(CCNCCc1ccc(Cl)cc1Cl)NC1CC1. The van der Waals surface area contributed by atoms with Crippen LogP contribution in [0.3, 0.4) is 0 Å². The average Bonchev–Trinajstić information content (AvgIpc) is 3.15. The molecule has 0 aromatic heterocycles. The van der Waals surface area contributed by atoms with Gasteiger partial charge in [-0.1, -0.05) is 29.3 Å². The first-order chi connectivity index (χ1) is 9.15. The summed E-state index contributed by atoms with van der Waals surface area (Å²) in [6.45, 7) is 1.50. The molecular formula is C14H18Cl2N2O. The fourth-order valence-corrected chi connectivity index (χ4v) is 2.30. The van der Waals surface area contributed by atoms with Crippen LogP contribution in [0.2, 0.25) is 10.0 Å². The molecule has 0 aliphatic heterocycles. The summed E-state index contributed by atoms with van der Waals surface area (Å²) < 4.78 is 0. The number of hydrogen-bond acceptors (Lipinski definition) is 2. The highest BCUT2D eigenvalue weighted by Crippen LogP contribution is 2.21. The van der Waals surface area contributed by atoms with Crippen molar-refractivity contribution >= 4 is 29.1 Å². The zero-order valence-corrected chi connectivity index (χ0v) is 12.2. The van der Waals surface area contributed by atoms with Gasteiger partial charge in [0.05, 0.1) is 0 Å². The lowest BCUT2D eigenvalue weighted by Crippen LogP contribution is -2.29. The zero-order chi connectivity index (χ0) is 13.7. The van der Waals surface area contributed by atoms with Gasteiger partial charge in [-0.2, -0.15) is 0 Å². The number of halogens is 2. The molecule has 0 spiro atoms. The summed E-state index contributed by atoms with van der Waals surface area (Å²) in [7, 11) is 0. The van der Waals surface area contributed by atoms with E-state index < -0.39 is 0 Å². The Labute approximate surface area is 123 Å². The third-order valence-electron chi connectivity index (χ3n) is 3.06. The van der Waals surface area contributed by atoms with Crippen molar-refractivity contribution in [1.82, 2.24) is 10.6 Å². The van der Waals surface area contributed by atoms with Gasteiger partial charge in [0.25, 0.3) is 0 Å². The molecule has 1 amide bonds. The molecule has 3 nitrogen and oxygen atoms in total. The normalized spacial score (nSPS) is 14.4. The minimum Gasteiger partial charge on any atom is -0.353 e. The Bertz CT molecular complexity index is 447. The van der Waals surface area contributed by atoms with Crippen molar-refractivity contribution in [3.8, 4) is 0 Å². The van der Waals surface area contributed by atoms with Gasteiger partial charge in [-0.05, 0) is 43.5 Å². The molecule has 0 heterocycles. The van der Waals surface area contributed by atoms with Crippen LogP contribution in [0.15, 0.2) is 18.2 Å². The van der Waals surface area contributed by atoms with Crippen LogP contribution >= 0.6 is 23.2 Å². The summed E-state index contributed by atoms with van der Waals surface area (Å²) in [5, 5.41) is 7.56. The monoisotopic (exact) mass is 300 g/mol. The van der Waals surface area contributed by atoms with E-state index >= 15 is 0 Å². The Morgan fingerprint density at radius 2 is 2.05 bits per heavy atom. The predicted octanol–water partition coefficient (Wildman–Crippen LogP) is 2.79. The van der Waals surface area contributed by atoms with E-state index in [1.807, 2.05) is 12.1 Å². The summed E-state index contributed by atoms with van der Waals surface area (Å²) >= 11 is 11.9.